The average Bonchev–Trinajstić information content (AvgIpc) is 3.17. The molecule has 176 valence electrons. The minimum Gasteiger partial charge on any atom is -0.383 e. The molecule has 1 aliphatic heterocycles. The minimum atomic E-state index is -0.00173. The van der Waals surface area contributed by atoms with E-state index in [4.69, 9.17) is 10.8 Å². The molecule has 0 unspecified atom stereocenters. The number of fused-ring (bicyclic) bond motifs is 2. The second kappa shape index (κ2) is 8.70. The lowest BCUT2D eigenvalue weighted by Gasteiger charge is -2.40. The number of piperidine rings is 1. The van der Waals surface area contributed by atoms with Gasteiger partial charge in [0.2, 0.25) is 5.91 Å². The Bertz CT molecular complexity index is 1340. The van der Waals surface area contributed by atoms with E-state index in [0.29, 0.717) is 18.2 Å². The van der Waals surface area contributed by atoms with Crippen LogP contribution >= 0.6 is 0 Å². The van der Waals surface area contributed by atoms with Crippen LogP contribution in [0.5, 0.6) is 0 Å². The van der Waals surface area contributed by atoms with Gasteiger partial charge >= 0.3 is 0 Å². The molecule has 4 aromatic rings. The molecule has 5 rings (SSSR count). The molecule has 2 aromatic carbocycles. The van der Waals surface area contributed by atoms with E-state index in [1.807, 2.05) is 9.58 Å². The molecule has 7 nitrogen and oxygen atoms in total. The molecule has 0 bridgehead atoms. The molecule has 1 fully saturated rings. The Labute approximate surface area is 200 Å². The number of nitrogens with two attached hydrogens (primary N) is 1. The van der Waals surface area contributed by atoms with E-state index in [0.717, 1.165) is 49.2 Å². The Hall–Kier alpha value is -3.48. The van der Waals surface area contributed by atoms with Gasteiger partial charge < -0.3 is 10.6 Å². The number of carbonyl (C=O) groups is 1. The molecule has 34 heavy (non-hydrogen) atoms. The number of benzene rings is 2. The maximum absolute atomic E-state index is 11.7. The highest BCUT2D eigenvalue weighted by Crippen LogP contribution is 2.37. The minimum absolute atomic E-state index is 0.00173. The zero-order chi connectivity index (χ0) is 23.9. The Morgan fingerprint density at radius 1 is 1.09 bits per heavy atom. The molecular formula is C27H32N6O. The van der Waals surface area contributed by atoms with E-state index in [1.165, 1.54) is 22.7 Å². The predicted molar refractivity (Wildman–Crippen MR) is 135 cm³/mol. The van der Waals surface area contributed by atoms with Gasteiger partial charge in [-0.25, -0.2) is 14.6 Å². The van der Waals surface area contributed by atoms with E-state index in [9.17, 15) is 4.79 Å². The summed E-state index contributed by atoms with van der Waals surface area (Å²) in [5.74, 6) is 1.14. The van der Waals surface area contributed by atoms with Crippen molar-refractivity contribution >= 4 is 33.5 Å². The number of hydrogen-bond acceptors (Lipinski definition) is 5. The van der Waals surface area contributed by atoms with E-state index in [1.54, 1.807) is 6.92 Å². The van der Waals surface area contributed by atoms with Crippen LogP contribution in [0.4, 0.5) is 5.82 Å². The van der Waals surface area contributed by atoms with Crippen LogP contribution in [0.2, 0.25) is 0 Å². The number of nitrogens with zero attached hydrogens (tertiary/aromatic N) is 5. The first kappa shape index (κ1) is 22.3. The summed E-state index contributed by atoms with van der Waals surface area (Å²) >= 11 is 0. The van der Waals surface area contributed by atoms with Gasteiger partial charge in [0.05, 0.1) is 11.1 Å². The highest BCUT2D eigenvalue weighted by molar-refractivity contribution is 5.90. The molecule has 2 aromatic heterocycles. The Morgan fingerprint density at radius 2 is 1.82 bits per heavy atom. The average molecular weight is 457 g/mol. The summed E-state index contributed by atoms with van der Waals surface area (Å²) in [6.07, 6.45) is 4.20. The van der Waals surface area contributed by atoms with Crippen LogP contribution in [0.3, 0.4) is 0 Å². The van der Waals surface area contributed by atoms with Gasteiger partial charge in [0.25, 0.3) is 0 Å². The fraction of sp³-hybridized carbons (Fsp3) is 0.407. The third-order valence-corrected chi connectivity index (χ3v) is 7.47. The van der Waals surface area contributed by atoms with Gasteiger partial charge in [0.15, 0.2) is 5.65 Å². The quantitative estimate of drug-likeness (QED) is 0.480. The van der Waals surface area contributed by atoms with Crippen molar-refractivity contribution in [1.29, 1.82) is 0 Å². The number of amides is 1. The molecule has 1 saturated heterocycles. The zero-order valence-electron chi connectivity index (χ0n) is 20.2. The molecule has 0 atom stereocenters. The number of hydrogen-bond donors (Lipinski definition) is 1. The smallest absolute Gasteiger partial charge is 0.219 e. The van der Waals surface area contributed by atoms with Crippen LogP contribution in [0.25, 0.3) is 21.8 Å². The lowest BCUT2D eigenvalue weighted by atomic mass is 9.73. The summed E-state index contributed by atoms with van der Waals surface area (Å²) in [5.41, 5.74) is 9.25. The molecule has 0 aliphatic carbocycles. The maximum Gasteiger partial charge on any atom is 0.219 e. The first-order chi connectivity index (χ1) is 16.3. The largest absolute Gasteiger partial charge is 0.383 e. The third kappa shape index (κ3) is 4.11. The first-order valence-corrected chi connectivity index (χ1v) is 12.0. The molecule has 7 heteroatoms. The highest BCUT2D eigenvalue weighted by atomic mass is 16.2. The van der Waals surface area contributed by atoms with Crippen LogP contribution in [0, 0.1) is 11.3 Å². The predicted octanol–water partition coefficient (Wildman–Crippen LogP) is 4.44. The number of rotatable bonds is 5. The van der Waals surface area contributed by atoms with E-state index in [-0.39, 0.29) is 11.3 Å². The fourth-order valence-corrected chi connectivity index (χ4v) is 5.46. The summed E-state index contributed by atoms with van der Waals surface area (Å²) in [5, 5.41) is 8.33. The molecule has 2 N–H and O–H groups in total. The van der Waals surface area contributed by atoms with Crippen molar-refractivity contribution in [2.75, 3.05) is 18.8 Å². The molecule has 0 spiro atoms. The molecule has 1 aliphatic rings. The summed E-state index contributed by atoms with van der Waals surface area (Å²) in [4.78, 5) is 22.6. The molecule has 3 heterocycles. The lowest BCUT2D eigenvalue weighted by Crippen LogP contribution is -2.42. The maximum atomic E-state index is 11.7. The SMILES string of the molecule is CC(=O)N1CCC(C(C)(C)Cn2nc(Cc3cccc4ccccc34)c3c(N)ncnc32)CC1. The standard InChI is InChI=1S/C27H32N6O/c1-18(34)32-13-11-21(12-14-32)27(2,3)16-33-26-24(25(28)29-17-30-26)23(31-33)15-20-9-6-8-19-7-4-5-10-22(19)20/h4-10,17,21H,11-16H2,1-3H3,(H2,28,29,30). The van der Waals surface area contributed by atoms with Crippen molar-refractivity contribution in [3.05, 3.63) is 60.0 Å². The topological polar surface area (TPSA) is 89.9 Å². The highest BCUT2D eigenvalue weighted by Gasteiger charge is 2.34. The Morgan fingerprint density at radius 3 is 2.59 bits per heavy atom. The van der Waals surface area contributed by atoms with Gasteiger partial charge in [0, 0.05) is 33.0 Å². The van der Waals surface area contributed by atoms with Crippen molar-refractivity contribution in [2.24, 2.45) is 11.3 Å². The number of carbonyl (C=O) groups excluding carboxylic acids is 1. The second-order valence-corrected chi connectivity index (χ2v) is 10.1. The monoisotopic (exact) mass is 456 g/mol. The molecular weight excluding hydrogens is 424 g/mol. The lowest BCUT2D eigenvalue weighted by molar-refractivity contribution is -0.130. The van der Waals surface area contributed by atoms with Gasteiger partial charge in [-0.15, -0.1) is 0 Å². The van der Waals surface area contributed by atoms with E-state index >= 15 is 0 Å². The van der Waals surface area contributed by atoms with Crippen molar-refractivity contribution in [1.82, 2.24) is 24.6 Å². The number of anilines is 1. The van der Waals surface area contributed by atoms with Gasteiger partial charge in [-0.2, -0.15) is 5.10 Å². The fourth-order valence-electron chi connectivity index (χ4n) is 5.46. The molecule has 0 radical (unpaired) electrons. The summed E-state index contributed by atoms with van der Waals surface area (Å²) in [7, 11) is 0. The van der Waals surface area contributed by atoms with Crippen LogP contribution in [-0.2, 0) is 17.8 Å². The van der Waals surface area contributed by atoms with Gasteiger partial charge in [-0.1, -0.05) is 56.3 Å². The normalized spacial score (nSPS) is 15.3. The van der Waals surface area contributed by atoms with Crippen molar-refractivity contribution < 1.29 is 4.79 Å². The van der Waals surface area contributed by atoms with Crippen LogP contribution in [0.15, 0.2) is 48.8 Å². The van der Waals surface area contributed by atoms with Gasteiger partial charge in [-0.05, 0) is 40.5 Å². The number of aromatic nitrogens is 4. The van der Waals surface area contributed by atoms with Gasteiger partial charge in [0.1, 0.15) is 12.1 Å². The van der Waals surface area contributed by atoms with Crippen LogP contribution in [-0.4, -0.2) is 43.6 Å². The van der Waals surface area contributed by atoms with Crippen LogP contribution in [0.1, 0.15) is 44.9 Å². The first-order valence-electron chi connectivity index (χ1n) is 12.0. The van der Waals surface area contributed by atoms with Crippen LogP contribution < -0.4 is 5.73 Å². The third-order valence-electron chi connectivity index (χ3n) is 7.47. The molecule has 0 saturated carbocycles. The van der Waals surface area contributed by atoms with E-state index < -0.39 is 0 Å². The van der Waals surface area contributed by atoms with Crippen molar-refractivity contribution in [2.45, 2.75) is 46.6 Å². The molecule has 1 amide bonds. The number of nitrogen functional groups attached to an aromatic ring is 1. The Kier molecular flexibility index (Phi) is 5.71. The zero-order valence-corrected chi connectivity index (χ0v) is 20.2. The second-order valence-electron chi connectivity index (χ2n) is 10.1. The Balaban J connectivity index is 1.47. The number of likely N-dealkylation sites (tertiary alicyclic amines) is 1. The summed E-state index contributed by atoms with van der Waals surface area (Å²) < 4.78 is 2.02. The summed E-state index contributed by atoms with van der Waals surface area (Å²) in [6.45, 7) is 8.63. The van der Waals surface area contributed by atoms with E-state index in [2.05, 4.69) is 66.3 Å². The van der Waals surface area contributed by atoms with Crippen molar-refractivity contribution in [3.8, 4) is 0 Å². The van der Waals surface area contributed by atoms with Gasteiger partial charge in [-0.3, -0.25) is 4.79 Å². The summed E-state index contributed by atoms with van der Waals surface area (Å²) in [6, 6.07) is 14.8. The van der Waals surface area contributed by atoms with Crippen molar-refractivity contribution in [3.63, 3.8) is 0 Å².